The molecular weight excluding hydrogens is 224 g/mol. The standard InChI is InChI=1S/C11H12N2O2S/c1-5-3-2-4-6-7(5)8-9(14)12-11(15)13-10(8)16-6/h5H,2-4H2,1H3,(H2,12,13,14,15). The zero-order valence-corrected chi connectivity index (χ0v) is 9.74. The number of fused-ring (bicyclic) bond motifs is 3. The van der Waals surface area contributed by atoms with E-state index in [1.54, 1.807) is 11.3 Å². The summed E-state index contributed by atoms with van der Waals surface area (Å²) >= 11 is 1.56. The summed E-state index contributed by atoms with van der Waals surface area (Å²) in [6.45, 7) is 2.15. The second-order valence-corrected chi connectivity index (χ2v) is 5.45. The van der Waals surface area contributed by atoms with E-state index in [2.05, 4.69) is 16.9 Å². The molecule has 84 valence electrons. The molecule has 0 bridgehead atoms. The van der Waals surface area contributed by atoms with Crippen molar-refractivity contribution in [1.82, 2.24) is 9.97 Å². The van der Waals surface area contributed by atoms with Crippen molar-refractivity contribution in [2.24, 2.45) is 0 Å². The van der Waals surface area contributed by atoms with Crippen LogP contribution in [0.3, 0.4) is 0 Å². The van der Waals surface area contributed by atoms with Crippen LogP contribution < -0.4 is 11.2 Å². The lowest BCUT2D eigenvalue weighted by atomic mass is 9.88. The van der Waals surface area contributed by atoms with Crippen LogP contribution in [-0.2, 0) is 6.42 Å². The van der Waals surface area contributed by atoms with Crippen LogP contribution in [0.15, 0.2) is 9.59 Å². The monoisotopic (exact) mass is 236 g/mol. The van der Waals surface area contributed by atoms with E-state index in [9.17, 15) is 9.59 Å². The molecule has 1 atom stereocenters. The van der Waals surface area contributed by atoms with E-state index in [1.807, 2.05) is 0 Å². The van der Waals surface area contributed by atoms with Gasteiger partial charge in [-0.1, -0.05) is 6.92 Å². The van der Waals surface area contributed by atoms with Crippen LogP contribution in [0.2, 0.25) is 0 Å². The molecule has 2 aromatic heterocycles. The predicted molar refractivity (Wildman–Crippen MR) is 64.4 cm³/mol. The number of nitrogens with one attached hydrogen (secondary N) is 2. The van der Waals surface area contributed by atoms with Crippen molar-refractivity contribution in [1.29, 1.82) is 0 Å². The minimum absolute atomic E-state index is 0.245. The van der Waals surface area contributed by atoms with E-state index in [4.69, 9.17) is 0 Å². The zero-order chi connectivity index (χ0) is 11.3. The zero-order valence-electron chi connectivity index (χ0n) is 8.92. The first-order valence-corrected chi connectivity index (χ1v) is 6.26. The number of hydrogen-bond acceptors (Lipinski definition) is 3. The molecule has 0 amide bonds. The molecule has 0 spiro atoms. The Kier molecular flexibility index (Phi) is 2.04. The van der Waals surface area contributed by atoms with Crippen LogP contribution in [0.25, 0.3) is 10.2 Å². The molecule has 2 heterocycles. The molecule has 1 aliphatic carbocycles. The van der Waals surface area contributed by atoms with Crippen LogP contribution in [0.4, 0.5) is 0 Å². The Balaban J connectivity index is 2.47. The van der Waals surface area contributed by atoms with Gasteiger partial charge in [-0.05, 0) is 30.7 Å². The van der Waals surface area contributed by atoms with Crippen LogP contribution >= 0.6 is 11.3 Å². The first-order valence-electron chi connectivity index (χ1n) is 5.44. The summed E-state index contributed by atoms with van der Waals surface area (Å²) in [5.41, 5.74) is 0.498. The number of rotatable bonds is 0. The fraction of sp³-hybridized carbons (Fsp3) is 0.455. The van der Waals surface area contributed by atoms with Gasteiger partial charge < -0.3 is 0 Å². The number of aryl methyl sites for hydroxylation is 1. The van der Waals surface area contributed by atoms with Crippen LogP contribution in [0.5, 0.6) is 0 Å². The molecule has 5 heteroatoms. The fourth-order valence-corrected chi connectivity index (χ4v) is 3.88. The van der Waals surface area contributed by atoms with Gasteiger partial charge in [0.15, 0.2) is 0 Å². The normalized spacial score (nSPS) is 19.9. The molecule has 0 aromatic carbocycles. The van der Waals surface area contributed by atoms with Crippen LogP contribution in [-0.4, -0.2) is 9.97 Å². The van der Waals surface area contributed by atoms with Gasteiger partial charge in [0.1, 0.15) is 4.83 Å². The molecule has 0 radical (unpaired) electrons. The van der Waals surface area contributed by atoms with Gasteiger partial charge in [-0.2, -0.15) is 0 Å². The Bertz CT molecular complexity index is 665. The highest BCUT2D eigenvalue weighted by Gasteiger charge is 2.23. The summed E-state index contributed by atoms with van der Waals surface area (Å²) in [6.07, 6.45) is 3.32. The third kappa shape index (κ3) is 1.28. The minimum Gasteiger partial charge on any atom is -0.298 e. The quantitative estimate of drug-likeness (QED) is 0.731. The van der Waals surface area contributed by atoms with Crippen LogP contribution in [0.1, 0.15) is 36.1 Å². The van der Waals surface area contributed by atoms with Gasteiger partial charge in [-0.3, -0.25) is 14.8 Å². The Hall–Kier alpha value is -1.36. The van der Waals surface area contributed by atoms with Gasteiger partial charge in [0, 0.05) is 4.88 Å². The van der Waals surface area contributed by atoms with E-state index in [0.29, 0.717) is 11.3 Å². The van der Waals surface area contributed by atoms with Gasteiger partial charge in [0.2, 0.25) is 0 Å². The minimum atomic E-state index is -0.413. The Morgan fingerprint density at radius 1 is 1.31 bits per heavy atom. The van der Waals surface area contributed by atoms with E-state index < -0.39 is 5.69 Å². The van der Waals surface area contributed by atoms with Gasteiger partial charge >= 0.3 is 5.69 Å². The van der Waals surface area contributed by atoms with E-state index >= 15 is 0 Å². The number of H-pyrrole nitrogens is 2. The van der Waals surface area contributed by atoms with E-state index in [0.717, 1.165) is 23.2 Å². The molecule has 16 heavy (non-hydrogen) atoms. The molecule has 3 rings (SSSR count). The van der Waals surface area contributed by atoms with Crippen molar-refractivity contribution in [3.63, 3.8) is 0 Å². The molecule has 0 saturated heterocycles. The van der Waals surface area contributed by atoms with Crippen molar-refractivity contribution in [3.8, 4) is 0 Å². The summed E-state index contributed by atoms with van der Waals surface area (Å²) in [4.78, 5) is 30.0. The topological polar surface area (TPSA) is 65.7 Å². The molecule has 0 saturated carbocycles. The van der Waals surface area contributed by atoms with Crippen molar-refractivity contribution in [2.75, 3.05) is 0 Å². The SMILES string of the molecule is CC1CCCc2sc3[nH]c(=O)[nH]c(=O)c3c21. The fourth-order valence-electron chi connectivity index (χ4n) is 2.52. The molecule has 1 unspecified atom stereocenters. The van der Waals surface area contributed by atoms with Gasteiger partial charge in [0.05, 0.1) is 5.39 Å². The summed E-state index contributed by atoms with van der Waals surface area (Å²) in [5, 5.41) is 0.701. The first kappa shape index (κ1) is 9.84. The van der Waals surface area contributed by atoms with Crippen LogP contribution in [0, 0.1) is 0 Å². The summed E-state index contributed by atoms with van der Waals surface area (Å²) in [7, 11) is 0. The van der Waals surface area contributed by atoms with E-state index in [1.165, 1.54) is 11.3 Å². The lowest BCUT2D eigenvalue weighted by Crippen LogP contribution is -2.22. The number of aromatic nitrogens is 2. The highest BCUT2D eigenvalue weighted by molar-refractivity contribution is 7.18. The molecule has 1 aliphatic rings. The maximum atomic E-state index is 11.8. The van der Waals surface area contributed by atoms with Crippen molar-refractivity contribution in [3.05, 3.63) is 31.3 Å². The van der Waals surface area contributed by atoms with Crippen molar-refractivity contribution < 1.29 is 0 Å². The smallest absolute Gasteiger partial charge is 0.298 e. The second-order valence-electron chi connectivity index (χ2n) is 4.34. The average Bonchev–Trinajstić information content (AvgIpc) is 2.56. The summed E-state index contributed by atoms with van der Waals surface area (Å²) < 4.78 is 0. The van der Waals surface area contributed by atoms with Gasteiger partial charge in [-0.15, -0.1) is 11.3 Å². The third-order valence-corrected chi connectivity index (χ3v) is 4.42. The lowest BCUT2D eigenvalue weighted by molar-refractivity contribution is 0.601. The third-order valence-electron chi connectivity index (χ3n) is 3.24. The largest absolute Gasteiger partial charge is 0.326 e. The van der Waals surface area contributed by atoms with Crippen molar-refractivity contribution >= 4 is 21.6 Å². The average molecular weight is 236 g/mol. The lowest BCUT2D eigenvalue weighted by Gasteiger charge is -2.18. The molecular formula is C11H12N2O2S. The molecule has 2 N–H and O–H groups in total. The summed E-state index contributed by atoms with van der Waals surface area (Å²) in [6, 6.07) is 0. The first-order chi connectivity index (χ1) is 7.66. The number of thiophene rings is 1. The maximum absolute atomic E-state index is 11.8. The van der Waals surface area contributed by atoms with Gasteiger partial charge in [0.25, 0.3) is 5.56 Å². The molecule has 0 aliphatic heterocycles. The number of aromatic amines is 2. The molecule has 4 nitrogen and oxygen atoms in total. The second kappa shape index (κ2) is 3.31. The maximum Gasteiger partial charge on any atom is 0.326 e. The van der Waals surface area contributed by atoms with Gasteiger partial charge in [-0.25, -0.2) is 4.79 Å². The molecule has 0 fully saturated rings. The Morgan fingerprint density at radius 2 is 2.12 bits per heavy atom. The Morgan fingerprint density at radius 3 is 2.94 bits per heavy atom. The highest BCUT2D eigenvalue weighted by Crippen LogP contribution is 2.39. The van der Waals surface area contributed by atoms with E-state index in [-0.39, 0.29) is 5.56 Å². The molecule has 2 aromatic rings. The Labute approximate surface area is 95.3 Å². The number of hydrogen-bond donors (Lipinski definition) is 2. The predicted octanol–water partition coefficient (Wildman–Crippen LogP) is 1.72. The van der Waals surface area contributed by atoms with Crippen molar-refractivity contribution in [2.45, 2.75) is 32.1 Å². The summed E-state index contributed by atoms with van der Waals surface area (Å²) in [5.74, 6) is 0.421. The highest BCUT2D eigenvalue weighted by atomic mass is 32.1.